The Bertz CT molecular complexity index is 623. The van der Waals surface area contributed by atoms with Crippen molar-refractivity contribution in [1.29, 1.82) is 5.26 Å². The molecule has 86 valence electrons. The van der Waals surface area contributed by atoms with Gasteiger partial charge in [0, 0.05) is 12.6 Å². The van der Waals surface area contributed by atoms with Crippen LogP contribution in [0.5, 0.6) is 0 Å². The second-order valence-corrected chi connectivity index (χ2v) is 3.65. The Morgan fingerprint density at radius 3 is 2.71 bits per heavy atom. The van der Waals surface area contributed by atoms with Crippen molar-refractivity contribution >= 4 is 0 Å². The third-order valence-electron chi connectivity index (χ3n) is 2.61. The molecule has 0 radical (unpaired) electrons. The zero-order valence-corrected chi connectivity index (χ0v) is 9.33. The van der Waals surface area contributed by atoms with E-state index in [1.165, 1.54) is 0 Å². The van der Waals surface area contributed by atoms with E-state index in [4.69, 9.17) is 5.26 Å². The second-order valence-electron chi connectivity index (χ2n) is 3.65. The number of nitriles is 1. The molecule has 0 saturated carbocycles. The Labute approximate surface area is 96.9 Å². The van der Waals surface area contributed by atoms with Gasteiger partial charge in [-0.1, -0.05) is 0 Å². The van der Waals surface area contributed by atoms with Gasteiger partial charge < -0.3 is 4.57 Å². The number of halogens is 2. The van der Waals surface area contributed by atoms with Gasteiger partial charge in [-0.2, -0.15) is 5.26 Å². The summed E-state index contributed by atoms with van der Waals surface area (Å²) in [5.74, 6) is -0.588. The highest BCUT2D eigenvalue weighted by molar-refractivity contribution is 5.66. The minimum atomic E-state index is -0.596. The van der Waals surface area contributed by atoms with Gasteiger partial charge in [-0.3, -0.25) is 0 Å². The normalized spacial score (nSPS) is 10.3. The van der Waals surface area contributed by atoms with Crippen molar-refractivity contribution in [2.75, 3.05) is 0 Å². The second kappa shape index (κ2) is 3.98. The van der Waals surface area contributed by atoms with Crippen LogP contribution in [-0.4, -0.2) is 9.55 Å². The maximum atomic E-state index is 13.6. The molecule has 3 nitrogen and oxygen atoms in total. The van der Waals surface area contributed by atoms with Crippen molar-refractivity contribution in [3.63, 3.8) is 0 Å². The van der Waals surface area contributed by atoms with Crippen molar-refractivity contribution in [2.24, 2.45) is 7.05 Å². The highest BCUT2D eigenvalue weighted by Gasteiger charge is 2.17. The molecule has 0 bridgehead atoms. The Morgan fingerprint density at radius 1 is 1.35 bits per heavy atom. The minimum absolute atomic E-state index is 0.00486. The third kappa shape index (κ3) is 1.78. The molecule has 0 saturated heterocycles. The molecule has 1 heterocycles. The van der Waals surface area contributed by atoms with Crippen molar-refractivity contribution in [1.82, 2.24) is 9.55 Å². The molecule has 0 N–H and O–H groups in total. The standard InChI is InChI=1S/C12H9F2N3/c1-7-16-12(11(6-15)17(7)2)9-5-8(13)3-4-10(9)14/h3-5H,1-2H3. The third-order valence-corrected chi connectivity index (χ3v) is 2.61. The number of benzene rings is 1. The van der Waals surface area contributed by atoms with Crippen molar-refractivity contribution < 1.29 is 8.78 Å². The molecular formula is C12H9F2N3. The number of nitrogens with zero attached hydrogens (tertiary/aromatic N) is 3. The van der Waals surface area contributed by atoms with Crippen LogP contribution >= 0.6 is 0 Å². The van der Waals surface area contributed by atoms with Gasteiger partial charge in [0.25, 0.3) is 0 Å². The molecule has 0 amide bonds. The summed E-state index contributed by atoms with van der Waals surface area (Å²) in [6, 6.07) is 5.03. The van der Waals surface area contributed by atoms with E-state index in [0.29, 0.717) is 5.82 Å². The molecule has 17 heavy (non-hydrogen) atoms. The van der Waals surface area contributed by atoms with Gasteiger partial charge in [0.2, 0.25) is 0 Å². The van der Waals surface area contributed by atoms with E-state index in [-0.39, 0.29) is 17.0 Å². The number of aryl methyl sites for hydroxylation is 1. The number of hydrogen-bond donors (Lipinski definition) is 0. The lowest BCUT2D eigenvalue weighted by atomic mass is 10.1. The largest absolute Gasteiger partial charge is 0.323 e. The fourth-order valence-corrected chi connectivity index (χ4v) is 1.61. The lowest BCUT2D eigenvalue weighted by Gasteiger charge is -2.00. The highest BCUT2D eigenvalue weighted by Crippen LogP contribution is 2.26. The Hall–Kier alpha value is -2.22. The molecule has 0 aliphatic heterocycles. The smallest absolute Gasteiger partial charge is 0.148 e. The number of aromatic nitrogens is 2. The summed E-state index contributed by atoms with van der Waals surface area (Å²) in [6.07, 6.45) is 0. The molecule has 0 unspecified atom stereocenters. The molecule has 0 spiro atoms. The zero-order valence-electron chi connectivity index (χ0n) is 9.33. The highest BCUT2D eigenvalue weighted by atomic mass is 19.1. The first-order valence-electron chi connectivity index (χ1n) is 4.93. The summed E-state index contributed by atoms with van der Waals surface area (Å²) in [4.78, 5) is 4.09. The van der Waals surface area contributed by atoms with Gasteiger partial charge in [0.05, 0.1) is 0 Å². The van der Waals surface area contributed by atoms with E-state index in [2.05, 4.69) is 4.98 Å². The average Bonchev–Trinajstić information content (AvgIpc) is 2.58. The summed E-state index contributed by atoms with van der Waals surface area (Å²) < 4.78 is 28.2. The van der Waals surface area contributed by atoms with Crippen LogP contribution in [0.4, 0.5) is 8.78 Å². The van der Waals surface area contributed by atoms with Crippen LogP contribution in [0, 0.1) is 29.9 Å². The van der Waals surface area contributed by atoms with Crippen LogP contribution in [0.25, 0.3) is 11.3 Å². The predicted octanol–water partition coefficient (Wildman–Crippen LogP) is 2.55. The number of imidazole rings is 1. The Balaban J connectivity index is 2.73. The zero-order chi connectivity index (χ0) is 12.6. The maximum Gasteiger partial charge on any atom is 0.148 e. The van der Waals surface area contributed by atoms with E-state index >= 15 is 0 Å². The molecule has 0 aliphatic carbocycles. The lowest BCUT2D eigenvalue weighted by Crippen LogP contribution is -1.95. The molecule has 0 aliphatic rings. The Kier molecular flexibility index (Phi) is 2.64. The molecule has 2 rings (SSSR count). The molecule has 1 aromatic carbocycles. The SMILES string of the molecule is Cc1nc(-c2cc(F)ccc2F)c(C#N)n1C. The Morgan fingerprint density at radius 2 is 2.06 bits per heavy atom. The molecule has 0 fully saturated rings. The fraction of sp³-hybridized carbons (Fsp3) is 0.167. The van der Waals surface area contributed by atoms with Crippen molar-refractivity contribution in [3.05, 3.63) is 41.4 Å². The molecular weight excluding hydrogens is 224 g/mol. The lowest BCUT2D eigenvalue weighted by molar-refractivity contribution is 0.602. The average molecular weight is 233 g/mol. The van der Waals surface area contributed by atoms with Gasteiger partial charge in [-0.15, -0.1) is 0 Å². The summed E-state index contributed by atoms with van der Waals surface area (Å²) in [5, 5.41) is 9.01. The quantitative estimate of drug-likeness (QED) is 0.759. The van der Waals surface area contributed by atoms with Crippen molar-refractivity contribution in [2.45, 2.75) is 6.92 Å². The van der Waals surface area contributed by atoms with E-state index < -0.39 is 11.6 Å². The first-order valence-corrected chi connectivity index (χ1v) is 4.93. The minimum Gasteiger partial charge on any atom is -0.323 e. The van der Waals surface area contributed by atoms with Gasteiger partial charge in [-0.05, 0) is 25.1 Å². The van der Waals surface area contributed by atoms with Crippen LogP contribution in [-0.2, 0) is 7.05 Å². The van der Waals surface area contributed by atoms with Gasteiger partial charge in [-0.25, -0.2) is 13.8 Å². The van der Waals surface area contributed by atoms with Crippen LogP contribution in [0.15, 0.2) is 18.2 Å². The maximum absolute atomic E-state index is 13.6. The summed E-state index contributed by atoms with van der Waals surface area (Å²) in [6.45, 7) is 1.70. The number of hydrogen-bond acceptors (Lipinski definition) is 2. The summed E-state index contributed by atoms with van der Waals surface area (Å²) in [7, 11) is 1.65. The van der Waals surface area contributed by atoms with E-state index in [0.717, 1.165) is 18.2 Å². The van der Waals surface area contributed by atoms with Gasteiger partial charge >= 0.3 is 0 Å². The van der Waals surface area contributed by atoms with Crippen LogP contribution in [0.2, 0.25) is 0 Å². The van der Waals surface area contributed by atoms with E-state index in [1.54, 1.807) is 18.5 Å². The summed E-state index contributed by atoms with van der Waals surface area (Å²) >= 11 is 0. The van der Waals surface area contributed by atoms with Crippen LogP contribution in [0.1, 0.15) is 11.5 Å². The van der Waals surface area contributed by atoms with Crippen LogP contribution < -0.4 is 0 Å². The van der Waals surface area contributed by atoms with Crippen molar-refractivity contribution in [3.8, 4) is 17.3 Å². The topological polar surface area (TPSA) is 41.6 Å². The van der Waals surface area contributed by atoms with E-state index in [9.17, 15) is 8.78 Å². The molecule has 1 aromatic heterocycles. The first kappa shape index (κ1) is 11.3. The fourth-order valence-electron chi connectivity index (χ4n) is 1.61. The predicted molar refractivity (Wildman–Crippen MR) is 58.0 cm³/mol. The first-order chi connectivity index (χ1) is 8.04. The molecule has 0 atom stereocenters. The summed E-state index contributed by atoms with van der Waals surface area (Å²) in [5.41, 5.74) is 0.391. The molecule has 5 heteroatoms. The van der Waals surface area contributed by atoms with Crippen LogP contribution in [0.3, 0.4) is 0 Å². The number of rotatable bonds is 1. The van der Waals surface area contributed by atoms with E-state index in [1.807, 2.05) is 6.07 Å². The van der Waals surface area contributed by atoms with Gasteiger partial charge in [0.15, 0.2) is 0 Å². The monoisotopic (exact) mass is 233 g/mol. The molecule has 2 aromatic rings. The van der Waals surface area contributed by atoms with Gasteiger partial charge in [0.1, 0.15) is 34.9 Å².